The summed E-state index contributed by atoms with van der Waals surface area (Å²) in [5, 5.41) is 1.31. The summed E-state index contributed by atoms with van der Waals surface area (Å²) < 4.78 is 28.2. The van der Waals surface area contributed by atoms with Crippen LogP contribution in [0.5, 0.6) is 0 Å². The van der Waals surface area contributed by atoms with Crippen LogP contribution in [0.15, 0.2) is 45.4 Å². The van der Waals surface area contributed by atoms with Crippen molar-refractivity contribution in [1.82, 2.24) is 4.98 Å². The molecule has 0 amide bonds. The Bertz CT molecular complexity index is 1020. The highest BCUT2D eigenvalue weighted by atomic mass is 35.5. The molecule has 0 aliphatic rings. The molecule has 0 fully saturated rings. The molecular weight excluding hydrogens is 344 g/mol. The van der Waals surface area contributed by atoms with Crippen molar-refractivity contribution >= 4 is 48.9 Å². The summed E-state index contributed by atoms with van der Waals surface area (Å²) in [5.41, 5.74) is 0.311. The zero-order chi connectivity index (χ0) is 15.9. The van der Waals surface area contributed by atoms with Gasteiger partial charge in [-0.05, 0) is 48.2 Å². The first kappa shape index (κ1) is 15.1. The van der Waals surface area contributed by atoms with Gasteiger partial charge in [0.1, 0.15) is 10.0 Å². The number of sulfonamides is 1. The van der Waals surface area contributed by atoms with Gasteiger partial charge in [0.15, 0.2) is 0 Å². The highest BCUT2D eigenvalue weighted by Crippen LogP contribution is 2.31. The van der Waals surface area contributed by atoms with E-state index >= 15 is 0 Å². The molecule has 0 aliphatic carbocycles. The van der Waals surface area contributed by atoms with Crippen LogP contribution in [0, 0.1) is 6.92 Å². The van der Waals surface area contributed by atoms with Crippen LogP contribution in [-0.4, -0.2) is 13.4 Å². The Morgan fingerprint density at radius 1 is 1.18 bits per heavy atom. The number of aromatic nitrogens is 1. The lowest BCUT2D eigenvalue weighted by molar-refractivity contribution is 0.603. The van der Waals surface area contributed by atoms with E-state index in [0.717, 1.165) is 21.4 Å². The van der Waals surface area contributed by atoms with Crippen molar-refractivity contribution in [1.29, 1.82) is 0 Å². The van der Waals surface area contributed by atoms with Gasteiger partial charge in [0.2, 0.25) is 5.56 Å². The van der Waals surface area contributed by atoms with Crippen molar-refractivity contribution in [3.8, 4) is 0 Å². The van der Waals surface area contributed by atoms with Crippen LogP contribution < -0.4 is 10.3 Å². The summed E-state index contributed by atoms with van der Waals surface area (Å²) in [6.45, 7) is 1.72. The topological polar surface area (TPSA) is 79.0 Å². The molecule has 1 aromatic carbocycles. The summed E-state index contributed by atoms with van der Waals surface area (Å²) in [5.74, 6) is 0.139. The van der Waals surface area contributed by atoms with E-state index < -0.39 is 10.0 Å². The molecule has 3 aromatic rings. The second-order valence-corrected chi connectivity index (χ2v) is 8.22. The number of hydrogen-bond donors (Lipinski definition) is 2. The molecule has 2 aromatic heterocycles. The maximum absolute atomic E-state index is 12.4. The van der Waals surface area contributed by atoms with E-state index in [0.29, 0.717) is 10.6 Å². The molecule has 0 unspecified atom stereocenters. The largest absolute Gasteiger partial charge is 0.308 e. The molecule has 114 valence electrons. The molecule has 0 bridgehead atoms. The van der Waals surface area contributed by atoms with Gasteiger partial charge in [-0.3, -0.25) is 9.52 Å². The lowest BCUT2D eigenvalue weighted by atomic mass is 10.3. The number of thiophene rings is 1. The zero-order valence-electron chi connectivity index (χ0n) is 11.4. The molecule has 8 heteroatoms. The smallest absolute Gasteiger partial charge is 0.272 e. The first-order chi connectivity index (χ1) is 10.3. The van der Waals surface area contributed by atoms with E-state index in [1.807, 2.05) is 0 Å². The molecule has 0 spiro atoms. The Labute approximate surface area is 135 Å². The van der Waals surface area contributed by atoms with Crippen molar-refractivity contribution in [2.24, 2.45) is 0 Å². The minimum absolute atomic E-state index is 0.139. The molecule has 2 N–H and O–H groups in total. The number of nitrogens with one attached hydrogen (secondary N) is 2. The van der Waals surface area contributed by atoms with Gasteiger partial charge >= 0.3 is 0 Å². The average molecular weight is 355 g/mol. The molecular formula is C14H11ClN2O3S2. The normalized spacial score (nSPS) is 11.7. The first-order valence-electron chi connectivity index (χ1n) is 6.26. The Balaban J connectivity index is 2.02. The zero-order valence-corrected chi connectivity index (χ0v) is 13.8. The van der Waals surface area contributed by atoms with E-state index in [-0.39, 0.29) is 15.6 Å². The average Bonchev–Trinajstić information content (AvgIpc) is 2.80. The Morgan fingerprint density at radius 3 is 2.68 bits per heavy atom. The SMILES string of the molecule is Cc1cc(NS(=O)(=O)c2cc3cc(Cl)ccc3s2)[nH]c(=O)c1. The summed E-state index contributed by atoms with van der Waals surface area (Å²) in [6, 6.07) is 9.70. The van der Waals surface area contributed by atoms with Gasteiger partial charge in [-0.1, -0.05) is 11.6 Å². The Kier molecular flexibility index (Phi) is 3.72. The van der Waals surface area contributed by atoms with Gasteiger partial charge in [-0.25, -0.2) is 8.42 Å². The van der Waals surface area contributed by atoms with Gasteiger partial charge in [0, 0.05) is 15.8 Å². The van der Waals surface area contributed by atoms with Crippen molar-refractivity contribution in [3.63, 3.8) is 0 Å². The Morgan fingerprint density at radius 2 is 1.95 bits per heavy atom. The third kappa shape index (κ3) is 3.01. The summed E-state index contributed by atoms with van der Waals surface area (Å²) in [4.78, 5) is 13.9. The van der Waals surface area contributed by atoms with Gasteiger partial charge in [-0.15, -0.1) is 11.3 Å². The summed E-state index contributed by atoms with van der Waals surface area (Å²) in [6.07, 6.45) is 0. The lowest BCUT2D eigenvalue weighted by Crippen LogP contribution is -2.16. The van der Waals surface area contributed by atoms with Gasteiger partial charge in [0.05, 0.1) is 0 Å². The maximum Gasteiger partial charge on any atom is 0.272 e. The number of halogens is 1. The van der Waals surface area contributed by atoms with E-state index in [4.69, 9.17) is 11.6 Å². The summed E-state index contributed by atoms with van der Waals surface area (Å²) in [7, 11) is -3.77. The fraction of sp³-hybridized carbons (Fsp3) is 0.0714. The molecule has 3 rings (SSSR count). The predicted octanol–water partition coefficient (Wildman–Crippen LogP) is 3.35. The van der Waals surface area contributed by atoms with E-state index in [1.54, 1.807) is 37.3 Å². The fourth-order valence-corrected chi connectivity index (χ4v) is 4.62. The molecule has 0 aliphatic heterocycles. The van der Waals surface area contributed by atoms with E-state index in [1.165, 1.54) is 6.07 Å². The van der Waals surface area contributed by atoms with Gasteiger partial charge in [0.25, 0.3) is 10.0 Å². The number of anilines is 1. The molecule has 2 heterocycles. The number of H-pyrrole nitrogens is 1. The van der Waals surface area contributed by atoms with Crippen LogP contribution in [0.25, 0.3) is 10.1 Å². The third-order valence-electron chi connectivity index (χ3n) is 2.95. The molecule has 5 nitrogen and oxygen atoms in total. The number of rotatable bonds is 3. The first-order valence-corrected chi connectivity index (χ1v) is 8.94. The van der Waals surface area contributed by atoms with E-state index in [2.05, 4.69) is 9.71 Å². The second kappa shape index (κ2) is 5.42. The van der Waals surface area contributed by atoms with E-state index in [9.17, 15) is 13.2 Å². The standard InChI is InChI=1S/C14H11ClN2O3S2/c1-8-4-12(16-13(18)5-8)17-22(19,20)14-7-9-6-10(15)2-3-11(9)21-14/h2-7H,1H3,(H2,16,17,18). The van der Waals surface area contributed by atoms with Crippen LogP contribution in [0.4, 0.5) is 5.82 Å². The van der Waals surface area contributed by atoms with Crippen molar-refractivity contribution in [3.05, 3.63) is 57.3 Å². The molecule has 0 saturated carbocycles. The highest BCUT2D eigenvalue weighted by molar-refractivity contribution is 7.94. The molecule has 0 atom stereocenters. The maximum atomic E-state index is 12.4. The van der Waals surface area contributed by atoms with Crippen molar-refractivity contribution in [2.75, 3.05) is 4.72 Å². The Hall–Kier alpha value is -1.83. The minimum atomic E-state index is -3.77. The van der Waals surface area contributed by atoms with Crippen molar-refractivity contribution < 1.29 is 8.42 Å². The van der Waals surface area contributed by atoms with Crippen LogP contribution in [0.2, 0.25) is 5.02 Å². The number of aryl methyl sites for hydroxylation is 1. The summed E-state index contributed by atoms with van der Waals surface area (Å²) >= 11 is 7.05. The number of aromatic amines is 1. The molecule has 0 saturated heterocycles. The minimum Gasteiger partial charge on any atom is -0.308 e. The second-order valence-electron chi connectivity index (χ2n) is 4.79. The van der Waals surface area contributed by atoms with Crippen LogP contribution in [0.1, 0.15) is 5.56 Å². The molecule has 22 heavy (non-hydrogen) atoms. The van der Waals surface area contributed by atoms with Crippen LogP contribution >= 0.6 is 22.9 Å². The van der Waals surface area contributed by atoms with Crippen molar-refractivity contribution in [2.45, 2.75) is 11.1 Å². The van der Waals surface area contributed by atoms with Crippen LogP contribution in [0.3, 0.4) is 0 Å². The third-order valence-corrected chi connectivity index (χ3v) is 6.14. The lowest BCUT2D eigenvalue weighted by Gasteiger charge is -2.06. The number of hydrogen-bond acceptors (Lipinski definition) is 4. The number of pyridine rings is 1. The number of fused-ring (bicyclic) bond motifs is 1. The molecule has 0 radical (unpaired) electrons. The monoisotopic (exact) mass is 354 g/mol. The van der Waals surface area contributed by atoms with Gasteiger partial charge < -0.3 is 4.98 Å². The highest BCUT2D eigenvalue weighted by Gasteiger charge is 2.18. The van der Waals surface area contributed by atoms with Crippen LogP contribution in [-0.2, 0) is 10.0 Å². The predicted molar refractivity (Wildman–Crippen MR) is 89.4 cm³/mol. The number of benzene rings is 1. The fourth-order valence-electron chi connectivity index (χ4n) is 2.05. The quantitative estimate of drug-likeness (QED) is 0.757. The van der Waals surface area contributed by atoms with Gasteiger partial charge in [-0.2, -0.15) is 0 Å².